The van der Waals surface area contributed by atoms with E-state index in [4.69, 9.17) is 10.2 Å². The van der Waals surface area contributed by atoms with Crippen LogP contribution in [0.3, 0.4) is 0 Å². The lowest BCUT2D eigenvalue weighted by molar-refractivity contribution is -0.131. The largest absolute Gasteiger partial charge is 0.459 e. The molecule has 0 bridgehead atoms. The van der Waals surface area contributed by atoms with E-state index in [9.17, 15) is 9.59 Å². The van der Waals surface area contributed by atoms with Crippen molar-refractivity contribution in [3.05, 3.63) is 60.1 Å². The van der Waals surface area contributed by atoms with E-state index in [-0.39, 0.29) is 41.8 Å². The summed E-state index contributed by atoms with van der Waals surface area (Å²) < 4.78 is 5.06. The monoisotopic (exact) mass is 377 g/mol. The number of rotatable bonds is 5. The highest BCUT2D eigenvalue weighted by Crippen LogP contribution is 2.32. The van der Waals surface area contributed by atoms with Gasteiger partial charge in [-0.2, -0.15) is 0 Å². The molecule has 1 saturated heterocycles. The molecule has 3 N–H and O–H groups in total. The predicted octanol–water partition coefficient (Wildman–Crippen LogP) is 2.02. The van der Waals surface area contributed by atoms with Gasteiger partial charge in [0.25, 0.3) is 5.91 Å². The standard InChI is InChI=1S/C19H23N3O3.ClH/c1-13(21-18(23)17-8-5-9-25-17)19(24)22-11-15(10-20)16(12-22)14-6-3-2-4-7-14;/h2-9,13,15-16H,10-12,20H2,1H3,(H,21,23);1H/t13?,15-,16+;/m1./s1. The highest BCUT2D eigenvalue weighted by molar-refractivity contribution is 5.95. The molecule has 0 spiro atoms. The first-order valence-electron chi connectivity index (χ1n) is 8.48. The van der Waals surface area contributed by atoms with E-state index in [0.717, 1.165) is 0 Å². The first-order chi connectivity index (χ1) is 12.1. The number of hydrogen-bond acceptors (Lipinski definition) is 4. The lowest BCUT2D eigenvalue weighted by atomic mass is 9.89. The smallest absolute Gasteiger partial charge is 0.287 e. The van der Waals surface area contributed by atoms with Crippen molar-refractivity contribution in [3.63, 3.8) is 0 Å². The number of nitrogens with two attached hydrogens (primary N) is 1. The van der Waals surface area contributed by atoms with Crippen LogP contribution >= 0.6 is 12.4 Å². The van der Waals surface area contributed by atoms with E-state index >= 15 is 0 Å². The summed E-state index contributed by atoms with van der Waals surface area (Å²) in [6, 6.07) is 12.7. The van der Waals surface area contributed by atoms with Gasteiger partial charge in [-0.1, -0.05) is 30.3 Å². The van der Waals surface area contributed by atoms with Crippen LogP contribution in [-0.2, 0) is 4.79 Å². The Labute approximate surface area is 159 Å². The minimum atomic E-state index is -0.620. The molecule has 3 atom stereocenters. The number of carbonyl (C=O) groups is 2. The first-order valence-corrected chi connectivity index (χ1v) is 8.48. The quantitative estimate of drug-likeness (QED) is 0.834. The Morgan fingerprint density at radius 1 is 1.23 bits per heavy atom. The minimum Gasteiger partial charge on any atom is -0.459 e. The first kappa shape index (κ1) is 20.0. The fourth-order valence-corrected chi connectivity index (χ4v) is 3.38. The van der Waals surface area contributed by atoms with Crippen LogP contribution in [0.2, 0.25) is 0 Å². The molecule has 2 aromatic rings. The van der Waals surface area contributed by atoms with Gasteiger partial charge in [0.05, 0.1) is 6.26 Å². The van der Waals surface area contributed by atoms with Gasteiger partial charge in [0.2, 0.25) is 5.91 Å². The van der Waals surface area contributed by atoms with E-state index in [1.54, 1.807) is 24.0 Å². The van der Waals surface area contributed by atoms with Crippen molar-refractivity contribution >= 4 is 24.2 Å². The van der Waals surface area contributed by atoms with Crippen molar-refractivity contribution in [2.24, 2.45) is 11.7 Å². The maximum absolute atomic E-state index is 12.7. The third-order valence-electron chi connectivity index (χ3n) is 4.75. The van der Waals surface area contributed by atoms with Gasteiger partial charge in [-0.3, -0.25) is 9.59 Å². The summed E-state index contributed by atoms with van der Waals surface area (Å²) in [7, 11) is 0. The number of likely N-dealkylation sites (tertiary alicyclic amines) is 1. The second-order valence-corrected chi connectivity index (χ2v) is 6.43. The van der Waals surface area contributed by atoms with Crippen LogP contribution in [0, 0.1) is 5.92 Å². The molecule has 1 fully saturated rings. The Hall–Kier alpha value is -2.31. The van der Waals surface area contributed by atoms with E-state index < -0.39 is 6.04 Å². The minimum absolute atomic E-state index is 0. The molecule has 26 heavy (non-hydrogen) atoms. The van der Waals surface area contributed by atoms with Crippen LogP contribution in [0.5, 0.6) is 0 Å². The zero-order valence-corrected chi connectivity index (χ0v) is 15.4. The second kappa shape index (κ2) is 8.87. The summed E-state index contributed by atoms with van der Waals surface area (Å²) in [5.41, 5.74) is 7.12. The summed E-state index contributed by atoms with van der Waals surface area (Å²) in [5.74, 6) is 0.155. The molecule has 3 rings (SSSR count). The Kier molecular flexibility index (Phi) is 6.83. The SMILES string of the molecule is CC(NC(=O)c1ccco1)C(=O)N1C[C@@H](CN)[C@H](c2ccccc2)C1.Cl. The summed E-state index contributed by atoms with van der Waals surface area (Å²) in [6.07, 6.45) is 1.43. The lowest BCUT2D eigenvalue weighted by Gasteiger charge is -2.21. The van der Waals surface area contributed by atoms with Gasteiger partial charge in [-0.25, -0.2) is 0 Å². The molecule has 1 aliphatic rings. The molecule has 1 aliphatic heterocycles. The fourth-order valence-electron chi connectivity index (χ4n) is 3.38. The van der Waals surface area contributed by atoms with E-state index in [1.807, 2.05) is 18.2 Å². The van der Waals surface area contributed by atoms with Crippen molar-refractivity contribution in [2.45, 2.75) is 18.9 Å². The Bertz CT molecular complexity index is 721. The summed E-state index contributed by atoms with van der Waals surface area (Å²) in [6.45, 7) is 3.44. The summed E-state index contributed by atoms with van der Waals surface area (Å²) >= 11 is 0. The lowest BCUT2D eigenvalue weighted by Crippen LogP contribution is -2.46. The highest BCUT2D eigenvalue weighted by atomic mass is 35.5. The summed E-state index contributed by atoms with van der Waals surface area (Å²) in [5, 5.41) is 2.69. The van der Waals surface area contributed by atoms with Crippen molar-refractivity contribution in [3.8, 4) is 0 Å². The summed E-state index contributed by atoms with van der Waals surface area (Å²) in [4.78, 5) is 26.6. The van der Waals surface area contributed by atoms with Crippen LogP contribution in [0.25, 0.3) is 0 Å². The second-order valence-electron chi connectivity index (χ2n) is 6.43. The maximum Gasteiger partial charge on any atom is 0.287 e. The number of furan rings is 1. The van der Waals surface area contributed by atoms with E-state index in [1.165, 1.54) is 11.8 Å². The average molecular weight is 378 g/mol. The van der Waals surface area contributed by atoms with Crippen molar-refractivity contribution in [2.75, 3.05) is 19.6 Å². The van der Waals surface area contributed by atoms with Gasteiger partial charge in [-0.15, -0.1) is 12.4 Å². The van der Waals surface area contributed by atoms with Crippen molar-refractivity contribution < 1.29 is 14.0 Å². The predicted molar refractivity (Wildman–Crippen MR) is 101 cm³/mol. The van der Waals surface area contributed by atoms with E-state index in [0.29, 0.717) is 19.6 Å². The average Bonchev–Trinajstić information content (AvgIpc) is 3.31. The van der Waals surface area contributed by atoms with Gasteiger partial charge >= 0.3 is 0 Å². The molecule has 1 unspecified atom stereocenters. The zero-order chi connectivity index (χ0) is 17.8. The topological polar surface area (TPSA) is 88.6 Å². The third-order valence-corrected chi connectivity index (χ3v) is 4.75. The normalized spacial score (nSPS) is 20.3. The molecule has 140 valence electrons. The molecule has 2 amide bonds. The van der Waals surface area contributed by atoms with Gasteiger partial charge in [0.15, 0.2) is 5.76 Å². The van der Waals surface area contributed by atoms with Crippen LogP contribution < -0.4 is 11.1 Å². The number of amides is 2. The molecule has 2 heterocycles. The van der Waals surface area contributed by atoms with Crippen LogP contribution in [0.15, 0.2) is 53.1 Å². The molecule has 6 nitrogen and oxygen atoms in total. The Morgan fingerprint density at radius 3 is 2.58 bits per heavy atom. The number of nitrogens with zero attached hydrogens (tertiary/aromatic N) is 1. The highest BCUT2D eigenvalue weighted by Gasteiger charge is 2.37. The van der Waals surface area contributed by atoms with Gasteiger partial charge in [-0.05, 0) is 37.1 Å². The molecule has 1 aromatic heterocycles. The maximum atomic E-state index is 12.7. The van der Waals surface area contributed by atoms with Crippen molar-refractivity contribution in [1.29, 1.82) is 0 Å². The Balaban J connectivity index is 0.00000243. The molecule has 1 aromatic carbocycles. The number of benzene rings is 1. The van der Waals surface area contributed by atoms with Crippen LogP contribution in [-0.4, -0.2) is 42.4 Å². The zero-order valence-electron chi connectivity index (χ0n) is 14.6. The van der Waals surface area contributed by atoms with E-state index in [2.05, 4.69) is 17.4 Å². The Morgan fingerprint density at radius 2 is 1.96 bits per heavy atom. The number of nitrogens with one attached hydrogen (secondary N) is 1. The van der Waals surface area contributed by atoms with Gasteiger partial charge in [0.1, 0.15) is 6.04 Å². The number of halogens is 1. The molecule has 0 radical (unpaired) electrons. The van der Waals surface area contributed by atoms with Gasteiger partial charge < -0.3 is 20.4 Å². The van der Waals surface area contributed by atoms with Gasteiger partial charge in [0, 0.05) is 19.0 Å². The number of carbonyl (C=O) groups excluding carboxylic acids is 2. The molecule has 0 saturated carbocycles. The van der Waals surface area contributed by atoms with Crippen LogP contribution in [0.4, 0.5) is 0 Å². The van der Waals surface area contributed by atoms with Crippen molar-refractivity contribution in [1.82, 2.24) is 10.2 Å². The van der Waals surface area contributed by atoms with Crippen LogP contribution in [0.1, 0.15) is 29.0 Å². The fraction of sp³-hybridized carbons (Fsp3) is 0.368. The number of hydrogen-bond donors (Lipinski definition) is 2. The molecular weight excluding hydrogens is 354 g/mol. The third kappa shape index (κ3) is 4.26. The molecule has 7 heteroatoms. The molecule has 0 aliphatic carbocycles. The molecular formula is C19H24ClN3O3.